The zero-order chi connectivity index (χ0) is 11.6. The lowest BCUT2D eigenvalue weighted by Gasteiger charge is -2.13. The Balaban J connectivity index is 3.23. The minimum Gasteiger partial charge on any atom is -0.402 e. The molecule has 0 spiro atoms. The van der Waals surface area contributed by atoms with Crippen LogP contribution in [0.25, 0.3) is 0 Å². The molecule has 0 aliphatic rings. The number of nitrogens with two attached hydrogens (primary N) is 1. The quantitative estimate of drug-likeness (QED) is 0.777. The highest BCUT2D eigenvalue weighted by Crippen LogP contribution is 2.31. The van der Waals surface area contributed by atoms with Gasteiger partial charge in [-0.2, -0.15) is 5.26 Å². The number of hydrogen-bond donors (Lipinski definition) is 1. The number of anilines is 1. The van der Waals surface area contributed by atoms with Gasteiger partial charge in [-0.25, -0.2) is 4.98 Å². The highest BCUT2D eigenvalue weighted by atomic mass is 19.4. The summed E-state index contributed by atoms with van der Waals surface area (Å²) in [4.78, 5) is 3.43. The van der Waals surface area contributed by atoms with E-state index in [1.165, 1.54) is 6.92 Å². The maximum atomic E-state index is 11.9. The van der Waals surface area contributed by atoms with Crippen molar-refractivity contribution >= 4 is 5.82 Å². The van der Waals surface area contributed by atoms with Crippen molar-refractivity contribution in [2.45, 2.75) is 13.3 Å². The number of rotatable bonds is 1. The lowest BCUT2D eigenvalue weighted by atomic mass is 10.1. The summed E-state index contributed by atoms with van der Waals surface area (Å²) in [5.74, 6) is -1.02. The first-order valence-electron chi connectivity index (χ1n) is 3.76. The van der Waals surface area contributed by atoms with Gasteiger partial charge in [-0.3, -0.25) is 0 Å². The molecule has 4 nitrogen and oxygen atoms in total. The van der Waals surface area contributed by atoms with Crippen molar-refractivity contribution in [1.82, 2.24) is 4.98 Å². The number of hydrogen-bond acceptors (Lipinski definition) is 4. The van der Waals surface area contributed by atoms with Crippen molar-refractivity contribution in [3.05, 3.63) is 17.3 Å². The third-order valence-corrected chi connectivity index (χ3v) is 1.65. The van der Waals surface area contributed by atoms with Crippen molar-refractivity contribution in [2.24, 2.45) is 0 Å². The van der Waals surface area contributed by atoms with E-state index in [1.807, 2.05) is 0 Å². The third-order valence-electron chi connectivity index (χ3n) is 1.65. The van der Waals surface area contributed by atoms with Crippen LogP contribution in [-0.4, -0.2) is 11.3 Å². The van der Waals surface area contributed by atoms with Gasteiger partial charge >= 0.3 is 6.36 Å². The number of nitriles is 1. The fourth-order valence-electron chi connectivity index (χ4n) is 0.961. The maximum Gasteiger partial charge on any atom is 0.573 e. The minimum atomic E-state index is -4.85. The van der Waals surface area contributed by atoms with Crippen LogP contribution >= 0.6 is 0 Å². The smallest absolute Gasteiger partial charge is 0.402 e. The van der Waals surface area contributed by atoms with Gasteiger partial charge in [0.1, 0.15) is 6.07 Å². The number of nitrogen functional groups attached to an aromatic ring is 1. The van der Waals surface area contributed by atoms with Crippen LogP contribution in [0.4, 0.5) is 19.0 Å². The van der Waals surface area contributed by atoms with Crippen molar-refractivity contribution in [3.8, 4) is 11.8 Å². The molecule has 1 aromatic rings. The molecule has 0 amide bonds. The Morgan fingerprint density at radius 1 is 1.53 bits per heavy atom. The average molecular weight is 217 g/mol. The van der Waals surface area contributed by atoms with Gasteiger partial charge in [0.15, 0.2) is 11.6 Å². The molecule has 1 heterocycles. The molecule has 0 aliphatic carbocycles. The highest BCUT2D eigenvalue weighted by molar-refractivity contribution is 5.56. The van der Waals surface area contributed by atoms with Gasteiger partial charge in [-0.15, -0.1) is 13.2 Å². The Morgan fingerprint density at radius 2 is 2.13 bits per heavy atom. The van der Waals surface area contributed by atoms with Crippen molar-refractivity contribution < 1.29 is 17.9 Å². The van der Waals surface area contributed by atoms with Crippen LogP contribution in [0.2, 0.25) is 0 Å². The van der Waals surface area contributed by atoms with Gasteiger partial charge in [0, 0.05) is 11.8 Å². The monoisotopic (exact) mass is 217 g/mol. The number of halogens is 3. The van der Waals surface area contributed by atoms with E-state index in [2.05, 4.69) is 9.72 Å². The van der Waals surface area contributed by atoms with Crippen LogP contribution in [-0.2, 0) is 0 Å². The molecule has 0 bridgehead atoms. The van der Waals surface area contributed by atoms with Crippen LogP contribution in [0.5, 0.6) is 5.75 Å². The van der Waals surface area contributed by atoms with E-state index in [-0.39, 0.29) is 11.1 Å². The highest BCUT2D eigenvalue weighted by Gasteiger charge is 2.33. The Labute approximate surface area is 83.1 Å². The number of pyridine rings is 1. The van der Waals surface area contributed by atoms with E-state index < -0.39 is 17.9 Å². The Hall–Kier alpha value is -1.97. The summed E-state index contributed by atoms with van der Waals surface area (Å²) in [5, 5.41) is 8.56. The van der Waals surface area contributed by atoms with Crippen LogP contribution < -0.4 is 10.5 Å². The molecule has 0 unspecified atom stereocenters. The summed E-state index contributed by atoms with van der Waals surface area (Å²) in [5.41, 5.74) is 5.21. The van der Waals surface area contributed by atoms with Crippen LogP contribution in [0.1, 0.15) is 11.1 Å². The van der Waals surface area contributed by atoms with E-state index in [0.717, 1.165) is 6.20 Å². The normalized spacial score (nSPS) is 10.9. The second kappa shape index (κ2) is 3.65. The van der Waals surface area contributed by atoms with E-state index in [1.54, 1.807) is 6.07 Å². The topological polar surface area (TPSA) is 71.9 Å². The second-order valence-corrected chi connectivity index (χ2v) is 2.67. The molecular weight excluding hydrogens is 211 g/mol. The van der Waals surface area contributed by atoms with E-state index >= 15 is 0 Å². The van der Waals surface area contributed by atoms with E-state index in [4.69, 9.17) is 11.0 Å². The number of aromatic nitrogens is 1. The SMILES string of the molecule is Cc1c(C#N)cnc(N)c1OC(F)(F)F. The molecule has 0 saturated heterocycles. The summed E-state index contributed by atoms with van der Waals surface area (Å²) < 4.78 is 39.5. The van der Waals surface area contributed by atoms with Crippen molar-refractivity contribution in [2.75, 3.05) is 5.73 Å². The molecule has 1 rings (SSSR count). The van der Waals surface area contributed by atoms with Gasteiger partial charge in [0.2, 0.25) is 0 Å². The molecule has 0 aliphatic heterocycles. The van der Waals surface area contributed by atoms with Gasteiger partial charge < -0.3 is 10.5 Å². The molecule has 15 heavy (non-hydrogen) atoms. The molecule has 7 heteroatoms. The van der Waals surface area contributed by atoms with Crippen molar-refractivity contribution in [1.29, 1.82) is 5.26 Å². The minimum absolute atomic E-state index is 0.0107. The Bertz CT molecular complexity index is 422. The van der Waals surface area contributed by atoms with Gasteiger partial charge in [-0.05, 0) is 6.92 Å². The fraction of sp³-hybridized carbons (Fsp3) is 0.250. The van der Waals surface area contributed by atoms with Crippen molar-refractivity contribution in [3.63, 3.8) is 0 Å². The van der Waals surface area contributed by atoms with Gasteiger partial charge in [0.05, 0.1) is 5.56 Å². The first-order chi connectivity index (χ1) is 6.85. The third kappa shape index (κ3) is 2.49. The van der Waals surface area contributed by atoms with E-state index in [0.29, 0.717) is 0 Å². The summed E-state index contributed by atoms with van der Waals surface area (Å²) in [7, 11) is 0. The summed E-state index contributed by atoms with van der Waals surface area (Å²) in [6, 6.07) is 1.68. The predicted molar refractivity (Wildman–Crippen MR) is 44.8 cm³/mol. The molecule has 0 saturated carbocycles. The zero-order valence-electron chi connectivity index (χ0n) is 7.59. The predicted octanol–water partition coefficient (Wildman–Crippen LogP) is 1.74. The molecule has 0 radical (unpaired) electrons. The first-order valence-corrected chi connectivity index (χ1v) is 3.76. The van der Waals surface area contributed by atoms with Gasteiger partial charge in [0.25, 0.3) is 0 Å². The van der Waals surface area contributed by atoms with Crippen LogP contribution in [0, 0.1) is 18.3 Å². The summed E-state index contributed by atoms with van der Waals surface area (Å²) in [6.07, 6.45) is -3.76. The van der Waals surface area contributed by atoms with Crippen LogP contribution in [0.3, 0.4) is 0 Å². The molecule has 80 valence electrons. The zero-order valence-corrected chi connectivity index (χ0v) is 7.59. The summed E-state index contributed by atoms with van der Waals surface area (Å²) in [6.45, 7) is 1.30. The molecule has 2 N–H and O–H groups in total. The summed E-state index contributed by atoms with van der Waals surface area (Å²) >= 11 is 0. The molecule has 0 fully saturated rings. The maximum absolute atomic E-state index is 11.9. The molecule has 1 aromatic heterocycles. The van der Waals surface area contributed by atoms with E-state index in [9.17, 15) is 13.2 Å². The molecular formula is C8H6F3N3O. The lowest BCUT2D eigenvalue weighted by molar-refractivity contribution is -0.274. The largest absolute Gasteiger partial charge is 0.573 e. The fourth-order valence-corrected chi connectivity index (χ4v) is 0.961. The standard InChI is InChI=1S/C8H6F3N3O/c1-4-5(2-12)3-14-7(13)6(4)15-8(9,10)11/h3H,1H3,(H2,13,14). The van der Waals surface area contributed by atoms with Crippen LogP contribution in [0.15, 0.2) is 6.20 Å². The first kappa shape index (κ1) is 11.1. The average Bonchev–Trinajstić information content (AvgIpc) is 2.11. The van der Waals surface area contributed by atoms with Gasteiger partial charge in [-0.1, -0.05) is 0 Å². The Kier molecular flexibility index (Phi) is 2.70. The number of nitrogens with zero attached hydrogens (tertiary/aromatic N) is 2. The molecule has 0 aromatic carbocycles. The number of alkyl halides is 3. The number of ether oxygens (including phenoxy) is 1. The molecule has 0 atom stereocenters. The second-order valence-electron chi connectivity index (χ2n) is 2.67. The lowest BCUT2D eigenvalue weighted by Crippen LogP contribution is -2.19. The Morgan fingerprint density at radius 3 is 2.60 bits per heavy atom.